The second-order valence-electron chi connectivity index (χ2n) is 7.81. The van der Waals surface area contributed by atoms with E-state index < -0.39 is 0 Å². The summed E-state index contributed by atoms with van der Waals surface area (Å²) >= 11 is 0. The lowest BCUT2D eigenvalue weighted by atomic mass is 10.00. The molecule has 4 rings (SSSR count). The van der Waals surface area contributed by atoms with Crippen molar-refractivity contribution in [2.45, 2.75) is 51.3 Å². The van der Waals surface area contributed by atoms with Crippen LogP contribution in [0.25, 0.3) is 0 Å². The van der Waals surface area contributed by atoms with E-state index in [1.807, 2.05) is 12.3 Å². The first kappa shape index (κ1) is 16.4. The molecule has 25 heavy (non-hydrogen) atoms. The summed E-state index contributed by atoms with van der Waals surface area (Å²) in [6.07, 6.45) is 5.20. The molecule has 3 heterocycles. The maximum Gasteiger partial charge on any atom is 0.128 e. The quantitative estimate of drug-likeness (QED) is 0.926. The van der Waals surface area contributed by atoms with E-state index in [4.69, 9.17) is 4.74 Å². The number of anilines is 1. The van der Waals surface area contributed by atoms with Crippen LogP contribution in [0.2, 0.25) is 0 Å². The van der Waals surface area contributed by atoms with Crippen LogP contribution in [-0.2, 0) is 13.0 Å². The summed E-state index contributed by atoms with van der Waals surface area (Å²) in [6, 6.07) is 13.3. The van der Waals surface area contributed by atoms with E-state index in [0.717, 1.165) is 50.5 Å². The van der Waals surface area contributed by atoms with Gasteiger partial charge in [0.2, 0.25) is 0 Å². The van der Waals surface area contributed by atoms with Crippen LogP contribution in [-0.4, -0.2) is 29.7 Å². The molecule has 2 aliphatic heterocycles. The summed E-state index contributed by atoms with van der Waals surface area (Å²) in [7, 11) is 0. The van der Waals surface area contributed by atoms with Crippen LogP contribution in [0.3, 0.4) is 0 Å². The van der Waals surface area contributed by atoms with Crippen LogP contribution >= 0.6 is 0 Å². The van der Waals surface area contributed by atoms with Gasteiger partial charge in [-0.2, -0.15) is 0 Å². The fourth-order valence-corrected chi connectivity index (χ4v) is 3.89. The molecular weight excluding hydrogens is 310 g/mol. The largest absolute Gasteiger partial charge is 0.487 e. The van der Waals surface area contributed by atoms with E-state index in [-0.39, 0.29) is 5.60 Å². The van der Waals surface area contributed by atoms with Gasteiger partial charge >= 0.3 is 0 Å². The Morgan fingerprint density at radius 2 is 2.04 bits per heavy atom. The zero-order valence-corrected chi connectivity index (χ0v) is 15.2. The molecule has 4 heteroatoms. The summed E-state index contributed by atoms with van der Waals surface area (Å²) in [6.45, 7) is 7.38. The van der Waals surface area contributed by atoms with E-state index in [0.29, 0.717) is 6.04 Å². The first-order chi connectivity index (χ1) is 12.1. The standard InChI is InChI=1S/C21H27N3O/c1-21(2)14-17-13-16(6-7-19(17)25-21)15-23-18-8-11-24(12-9-18)20-5-3-4-10-22-20/h3-7,10,13,18,23H,8-9,11-12,14-15H2,1-2H3. The molecule has 0 atom stereocenters. The Bertz CT molecular complexity index is 721. The number of ether oxygens (including phenoxy) is 1. The Morgan fingerprint density at radius 1 is 1.20 bits per heavy atom. The summed E-state index contributed by atoms with van der Waals surface area (Å²) in [5.41, 5.74) is 2.63. The minimum atomic E-state index is -0.0628. The van der Waals surface area contributed by atoms with E-state index in [1.165, 1.54) is 11.1 Å². The smallest absolute Gasteiger partial charge is 0.128 e. The number of piperidine rings is 1. The van der Waals surface area contributed by atoms with Crippen molar-refractivity contribution in [1.82, 2.24) is 10.3 Å². The number of pyridine rings is 1. The first-order valence-corrected chi connectivity index (χ1v) is 9.29. The van der Waals surface area contributed by atoms with E-state index in [1.54, 1.807) is 0 Å². The second-order valence-corrected chi connectivity index (χ2v) is 7.81. The van der Waals surface area contributed by atoms with Crippen molar-refractivity contribution in [2.75, 3.05) is 18.0 Å². The molecule has 0 unspecified atom stereocenters. The van der Waals surface area contributed by atoms with E-state index in [9.17, 15) is 0 Å². The molecule has 1 saturated heterocycles. The normalized spacial score (nSPS) is 19.5. The molecule has 0 bridgehead atoms. The number of nitrogens with one attached hydrogen (secondary N) is 1. The van der Waals surface area contributed by atoms with Gasteiger partial charge < -0.3 is 15.0 Å². The van der Waals surface area contributed by atoms with Crippen molar-refractivity contribution in [3.8, 4) is 5.75 Å². The number of fused-ring (bicyclic) bond motifs is 1. The summed E-state index contributed by atoms with van der Waals surface area (Å²) in [5, 5.41) is 3.73. The molecule has 0 saturated carbocycles. The van der Waals surface area contributed by atoms with Crippen molar-refractivity contribution < 1.29 is 4.74 Å². The topological polar surface area (TPSA) is 37.4 Å². The van der Waals surface area contributed by atoms with E-state index in [2.05, 4.69) is 59.4 Å². The number of rotatable bonds is 4. The van der Waals surface area contributed by atoms with Gasteiger partial charge in [0.25, 0.3) is 0 Å². The van der Waals surface area contributed by atoms with Crippen LogP contribution in [0.1, 0.15) is 37.8 Å². The molecule has 2 aromatic rings. The molecular formula is C21H27N3O. The molecule has 0 aliphatic carbocycles. The monoisotopic (exact) mass is 337 g/mol. The van der Waals surface area contributed by atoms with Gasteiger partial charge in [0.05, 0.1) is 0 Å². The maximum atomic E-state index is 5.97. The minimum Gasteiger partial charge on any atom is -0.487 e. The van der Waals surface area contributed by atoms with Crippen molar-refractivity contribution in [1.29, 1.82) is 0 Å². The van der Waals surface area contributed by atoms with Gasteiger partial charge in [-0.25, -0.2) is 4.98 Å². The van der Waals surface area contributed by atoms with Crippen LogP contribution < -0.4 is 15.0 Å². The SMILES string of the molecule is CC1(C)Cc2cc(CNC3CCN(c4ccccn4)CC3)ccc2O1. The number of benzene rings is 1. The molecule has 1 aromatic carbocycles. The van der Waals surface area contributed by atoms with Crippen molar-refractivity contribution in [2.24, 2.45) is 0 Å². The minimum absolute atomic E-state index is 0.0628. The van der Waals surface area contributed by atoms with Gasteiger partial charge in [-0.05, 0) is 56.0 Å². The molecule has 132 valence electrons. The fraction of sp³-hybridized carbons (Fsp3) is 0.476. The maximum absolute atomic E-state index is 5.97. The Hall–Kier alpha value is -2.07. The third kappa shape index (κ3) is 3.79. The lowest BCUT2D eigenvalue weighted by Gasteiger charge is -2.33. The van der Waals surface area contributed by atoms with Gasteiger partial charge in [-0.1, -0.05) is 18.2 Å². The average molecular weight is 337 g/mol. The molecule has 0 radical (unpaired) electrons. The predicted octanol–water partition coefficient (Wildman–Crippen LogP) is 3.55. The number of nitrogens with zero attached hydrogens (tertiary/aromatic N) is 2. The molecule has 0 amide bonds. The van der Waals surface area contributed by atoms with Crippen molar-refractivity contribution >= 4 is 5.82 Å². The lowest BCUT2D eigenvalue weighted by molar-refractivity contribution is 0.138. The van der Waals surface area contributed by atoms with Crippen LogP contribution in [0, 0.1) is 0 Å². The van der Waals surface area contributed by atoms with Crippen LogP contribution in [0.5, 0.6) is 5.75 Å². The zero-order chi connectivity index (χ0) is 17.3. The number of aromatic nitrogens is 1. The molecule has 1 fully saturated rings. The highest BCUT2D eigenvalue weighted by atomic mass is 16.5. The zero-order valence-electron chi connectivity index (χ0n) is 15.2. The molecule has 0 spiro atoms. The number of hydrogen-bond acceptors (Lipinski definition) is 4. The Morgan fingerprint density at radius 3 is 2.80 bits per heavy atom. The summed E-state index contributed by atoms with van der Waals surface area (Å²) in [4.78, 5) is 6.84. The van der Waals surface area contributed by atoms with Gasteiger partial charge in [0.15, 0.2) is 0 Å². The predicted molar refractivity (Wildman–Crippen MR) is 101 cm³/mol. The van der Waals surface area contributed by atoms with Crippen molar-refractivity contribution in [3.63, 3.8) is 0 Å². The second kappa shape index (κ2) is 6.68. The third-order valence-corrected chi connectivity index (χ3v) is 5.19. The molecule has 4 nitrogen and oxygen atoms in total. The fourth-order valence-electron chi connectivity index (χ4n) is 3.89. The van der Waals surface area contributed by atoms with Gasteiger partial charge in [0.1, 0.15) is 17.2 Å². The lowest BCUT2D eigenvalue weighted by Crippen LogP contribution is -2.42. The highest BCUT2D eigenvalue weighted by molar-refractivity contribution is 5.42. The Kier molecular flexibility index (Phi) is 4.38. The Labute approximate surface area is 150 Å². The first-order valence-electron chi connectivity index (χ1n) is 9.29. The summed E-state index contributed by atoms with van der Waals surface area (Å²) in [5.74, 6) is 2.15. The average Bonchev–Trinajstić information content (AvgIpc) is 2.94. The molecule has 1 aromatic heterocycles. The summed E-state index contributed by atoms with van der Waals surface area (Å²) < 4.78 is 5.97. The van der Waals surface area contributed by atoms with Gasteiger partial charge in [-0.15, -0.1) is 0 Å². The number of hydrogen-bond donors (Lipinski definition) is 1. The van der Waals surface area contributed by atoms with Gasteiger partial charge in [-0.3, -0.25) is 0 Å². The third-order valence-electron chi connectivity index (χ3n) is 5.19. The van der Waals surface area contributed by atoms with E-state index >= 15 is 0 Å². The molecule has 1 N–H and O–H groups in total. The van der Waals surface area contributed by atoms with Crippen LogP contribution in [0.15, 0.2) is 42.6 Å². The molecule has 2 aliphatic rings. The highest BCUT2D eigenvalue weighted by Crippen LogP contribution is 2.35. The van der Waals surface area contributed by atoms with Crippen molar-refractivity contribution in [3.05, 3.63) is 53.7 Å². The van der Waals surface area contributed by atoms with Gasteiger partial charge in [0, 0.05) is 38.3 Å². The Balaban J connectivity index is 1.29. The highest BCUT2D eigenvalue weighted by Gasteiger charge is 2.30. The van der Waals surface area contributed by atoms with Crippen LogP contribution in [0.4, 0.5) is 5.82 Å².